The van der Waals surface area contributed by atoms with Crippen molar-refractivity contribution in [2.45, 2.75) is 25.3 Å². The summed E-state index contributed by atoms with van der Waals surface area (Å²) in [5, 5.41) is 13.0. The summed E-state index contributed by atoms with van der Waals surface area (Å²) >= 11 is 6.33. The van der Waals surface area contributed by atoms with Gasteiger partial charge in [-0.3, -0.25) is 9.79 Å². The molecular formula is C23H22ClN7O. The smallest absolute Gasteiger partial charge is 0.229 e. The van der Waals surface area contributed by atoms with Gasteiger partial charge in [0.05, 0.1) is 25.0 Å². The number of aromatic nitrogens is 2. The van der Waals surface area contributed by atoms with Crippen LogP contribution in [0.4, 0.5) is 28.8 Å². The lowest BCUT2D eigenvalue weighted by Gasteiger charge is -2.15. The number of rotatable bonds is 3. The first-order valence-corrected chi connectivity index (χ1v) is 10.8. The number of amides is 1. The van der Waals surface area contributed by atoms with Gasteiger partial charge in [-0.15, -0.1) is 0 Å². The first-order chi connectivity index (χ1) is 15.6. The molecule has 2 aliphatic rings. The number of fused-ring (bicyclic) bond motifs is 6. The Labute approximate surface area is 190 Å². The third kappa shape index (κ3) is 4.65. The van der Waals surface area contributed by atoms with Gasteiger partial charge in [-0.2, -0.15) is 4.98 Å². The minimum atomic E-state index is -0.0505. The molecule has 2 aromatic carbocycles. The second-order valence-electron chi connectivity index (χ2n) is 7.81. The predicted octanol–water partition coefficient (Wildman–Crippen LogP) is 4.04. The van der Waals surface area contributed by atoms with Crippen LogP contribution < -0.4 is 21.3 Å². The first kappa shape index (κ1) is 20.3. The van der Waals surface area contributed by atoms with E-state index in [1.807, 2.05) is 30.3 Å². The predicted molar refractivity (Wildman–Crippen MR) is 127 cm³/mol. The van der Waals surface area contributed by atoms with Crippen LogP contribution in [0.3, 0.4) is 0 Å². The molecule has 1 amide bonds. The van der Waals surface area contributed by atoms with Crippen LogP contribution in [0.2, 0.25) is 5.02 Å². The quantitative estimate of drug-likeness (QED) is 0.483. The van der Waals surface area contributed by atoms with Gasteiger partial charge in [-0.25, -0.2) is 4.98 Å². The Morgan fingerprint density at radius 2 is 2.03 bits per heavy atom. The molecule has 5 rings (SSSR count). The summed E-state index contributed by atoms with van der Waals surface area (Å²) < 4.78 is 0. The van der Waals surface area contributed by atoms with Crippen molar-refractivity contribution >= 4 is 52.7 Å². The van der Waals surface area contributed by atoms with Gasteiger partial charge in [0.15, 0.2) is 5.82 Å². The zero-order chi connectivity index (χ0) is 21.9. The third-order valence-corrected chi connectivity index (χ3v) is 5.68. The highest BCUT2D eigenvalue weighted by Crippen LogP contribution is 2.29. The van der Waals surface area contributed by atoms with Gasteiger partial charge in [0.2, 0.25) is 11.9 Å². The molecule has 1 aromatic heterocycles. The molecule has 1 unspecified atom stereocenters. The third-order valence-electron chi connectivity index (χ3n) is 5.40. The molecule has 6 bridgehead atoms. The first-order valence-electron chi connectivity index (χ1n) is 10.5. The SMILES string of the molecule is O=C(CC1CNC=N1)Nc1ccc2cc1CCc1cccc(c1)Nc1ncc(Cl)c(n1)N2. The highest BCUT2D eigenvalue weighted by Gasteiger charge is 2.17. The molecule has 0 saturated carbocycles. The molecular weight excluding hydrogens is 426 g/mol. The van der Waals surface area contributed by atoms with Crippen LogP contribution in [-0.4, -0.2) is 34.8 Å². The van der Waals surface area contributed by atoms with Gasteiger partial charge < -0.3 is 21.3 Å². The van der Waals surface area contributed by atoms with Gasteiger partial charge in [0, 0.05) is 23.6 Å². The summed E-state index contributed by atoms with van der Waals surface area (Å²) in [7, 11) is 0. The van der Waals surface area contributed by atoms with E-state index < -0.39 is 0 Å². The molecule has 2 aliphatic heterocycles. The number of halogens is 1. The van der Waals surface area contributed by atoms with Crippen molar-refractivity contribution < 1.29 is 4.79 Å². The number of carbonyl (C=O) groups excluding carboxylic acids is 1. The zero-order valence-electron chi connectivity index (χ0n) is 17.2. The van der Waals surface area contributed by atoms with Gasteiger partial charge in [-0.1, -0.05) is 23.7 Å². The summed E-state index contributed by atoms with van der Waals surface area (Å²) in [4.78, 5) is 25.7. The fourth-order valence-electron chi connectivity index (χ4n) is 3.80. The van der Waals surface area contributed by atoms with Crippen molar-refractivity contribution in [2.75, 3.05) is 22.5 Å². The van der Waals surface area contributed by atoms with Crippen molar-refractivity contribution in [1.29, 1.82) is 0 Å². The van der Waals surface area contributed by atoms with Crippen molar-refractivity contribution in [3.63, 3.8) is 0 Å². The molecule has 0 aliphatic carbocycles. The van der Waals surface area contributed by atoms with E-state index in [1.54, 1.807) is 12.5 Å². The van der Waals surface area contributed by atoms with Crippen LogP contribution in [-0.2, 0) is 17.6 Å². The average Bonchev–Trinajstić information content (AvgIpc) is 3.29. The number of hydrogen-bond donors (Lipinski definition) is 4. The van der Waals surface area contributed by atoms with Gasteiger partial charge in [-0.05, 0) is 54.3 Å². The normalized spacial score (nSPS) is 16.5. The maximum atomic E-state index is 12.6. The number of hydrogen-bond acceptors (Lipinski definition) is 7. The molecule has 9 heteroatoms. The molecule has 162 valence electrons. The van der Waals surface area contributed by atoms with Crippen LogP contribution in [0.1, 0.15) is 17.5 Å². The van der Waals surface area contributed by atoms with E-state index >= 15 is 0 Å². The van der Waals surface area contributed by atoms with E-state index in [1.165, 1.54) is 5.56 Å². The number of nitrogens with one attached hydrogen (secondary N) is 4. The Balaban J connectivity index is 1.47. The van der Waals surface area contributed by atoms with E-state index in [0.717, 1.165) is 35.5 Å². The van der Waals surface area contributed by atoms with Crippen molar-refractivity contribution in [2.24, 2.45) is 4.99 Å². The number of anilines is 5. The molecule has 32 heavy (non-hydrogen) atoms. The molecule has 0 spiro atoms. The van der Waals surface area contributed by atoms with Gasteiger partial charge >= 0.3 is 0 Å². The maximum absolute atomic E-state index is 12.6. The second kappa shape index (κ2) is 8.84. The topological polar surface area (TPSA) is 103 Å². The van der Waals surface area contributed by atoms with Crippen molar-refractivity contribution in [1.82, 2.24) is 15.3 Å². The van der Waals surface area contributed by atoms with E-state index in [9.17, 15) is 4.79 Å². The Hall–Kier alpha value is -3.65. The van der Waals surface area contributed by atoms with E-state index in [4.69, 9.17) is 11.6 Å². The van der Waals surface area contributed by atoms with Crippen molar-refractivity contribution in [3.8, 4) is 0 Å². The summed E-state index contributed by atoms with van der Waals surface area (Å²) in [5.41, 5.74) is 4.74. The molecule has 8 nitrogen and oxygen atoms in total. The van der Waals surface area contributed by atoms with E-state index in [0.29, 0.717) is 29.8 Å². The monoisotopic (exact) mass is 447 g/mol. The second-order valence-corrected chi connectivity index (χ2v) is 8.21. The Kier molecular flexibility index (Phi) is 5.60. The Morgan fingerprint density at radius 1 is 1.12 bits per heavy atom. The number of benzene rings is 2. The number of aliphatic imine (C=N–C) groups is 1. The summed E-state index contributed by atoms with van der Waals surface area (Å²) in [6, 6.07) is 14.0. The fraction of sp³-hybridized carbons (Fsp3) is 0.217. The molecule has 0 fully saturated rings. The van der Waals surface area contributed by atoms with Crippen LogP contribution >= 0.6 is 11.6 Å². The largest absolute Gasteiger partial charge is 0.374 e. The minimum absolute atomic E-state index is 0.0228. The van der Waals surface area contributed by atoms with Crippen LogP contribution in [0.25, 0.3) is 0 Å². The lowest BCUT2D eigenvalue weighted by Crippen LogP contribution is -2.23. The summed E-state index contributed by atoms with van der Waals surface area (Å²) in [5.74, 6) is 0.917. The number of aryl methyl sites for hydroxylation is 2. The number of carbonyl (C=O) groups is 1. The molecule has 0 saturated heterocycles. The summed E-state index contributed by atoms with van der Waals surface area (Å²) in [6.45, 7) is 0.690. The van der Waals surface area contributed by atoms with Gasteiger partial charge in [0.1, 0.15) is 5.02 Å². The van der Waals surface area contributed by atoms with E-state index in [2.05, 4.69) is 48.4 Å². The highest BCUT2D eigenvalue weighted by molar-refractivity contribution is 6.32. The Morgan fingerprint density at radius 3 is 2.91 bits per heavy atom. The van der Waals surface area contributed by atoms with E-state index in [-0.39, 0.29) is 11.9 Å². The Bertz CT molecular complexity index is 1200. The maximum Gasteiger partial charge on any atom is 0.229 e. The van der Waals surface area contributed by atoms with Gasteiger partial charge in [0.25, 0.3) is 0 Å². The molecule has 3 aromatic rings. The molecule has 0 radical (unpaired) electrons. The fourth-order valence-corrected chi connectivity index (χ4v) is 3.94. The highest BCUT2D eigenvalue weighted by atomic mass is 35.5. The molecule has 4 N–H and O–H groups in total. The van der Waals surface area contributed by atoms with Crippen molar-refractivity contribution in [3.05, 3.63) is 64.8 Å². The summed E-state index contributed by atoms with van der Waals surface area (Å²) in [6.07, 6.45) is 5.14. The number of nitrogens with zero attached hydrogens (tertiary/aromatic N) is 3. The van der Waals surface area contributed by atoms with Crippen LogP contribution in [0, 0.1) is 0 Å². The zero-order valence-corrected chi connectivity index (χ0v) is 18.0. The lowest BCUT2D eigenvalue weighted by molar-refractivity contribution is -0.116. The van der Waals surface area contributed by atoms with Crippen LogP contribution in [0.15, 0.2) is 53.7 Å². The minimum Gasteiger partial charge on any atom is -0.374 e. The molecule has 3 heterocycles. The standard InChI is InChI=1S/C23H22ClN7O/c24-19-12-26-23-29-16-3-1-2-14(8-16)4-5-15-9-17(28-22(19)31-23)6-7-20(15)30-21(32)10-18-11-25-13-27-18/h1-3,6-9,12-13,18H,4-5,10-11H2,(H,25,27)(H,30,32)(H2,26,28,29,31). The molecule has 1 atom stereocenters. The average molecular weight is 448 g/mol. The van der Waals surface area contributed by atoms with Crippen LogP contribution in [0.5, 0.6) is 0 Å². The lowest BCUT2D eigenvalue weighted by atomic mass is 10.0.